The number of rotatable bonds is 3. The van der Waals surface area contributed by atoms with Crippen LogP contribution in [0.3, 0.4) is 0 Å². The van der Waals surface area contributed by atoms with Gasteiger partial charge in [-0.15, -0.1) is 11.3 Å². The summed E-state index contributed by atoms with van der Waals surface area (Å²) in [6.07, 6.45) is 4.37. The van der Waals surface area contributed by atoms with Crippen LogP contribution in [-0.2, 0) is 4.79 Å². The summed E-state index contributed by atoms with van der Waals surface area (Å²) >= 11 is 1.50. The summed E-state index contributed by atoms with van der Waals surface area (Å²) in [5.41, 5.74) is 4.52. The summed E-state index contributed by atoms with van der Waals surface area (Å²) in [5.74, 6) is 0.312. The van der Waals surface area contributed by atoms with Gasteiger partial charge in [0.25, 0.3) is 0 Å². The molecule has 110 valence electrons. The molecular weight excluding hydrogens is 280 g/mol. The van der Waals surface area contributed by atoms with E-state index in [1.54, 1.807) is 0 Å². The highest BCUT2D eigenvalue weighted by Crippen LogP contribution is 2.30. The third-order valence-electron chi connectivity index (χ3n) is 4.13. The molecule has 0 aliphatic heterocycles. The summed E-state index contributed by atoms with van der Waals surface area (Å²) in [6.45, 7) is 4.17. The molecule has 0 bridgehead atoms. The Morgan fingerprint density at radius 3 is 2.81 bits per heavy atom. The number of amides is 1. The van der Waals surface area contributed by atoms with Crippen LogP contribution in [0.1, 0.15) is 36.8 Å². The van der Waals surface area contributed by atoms with E-state index in [0.717, 1.165) is 24.1 Å². The van der Waals surface area contributed by atoms with E-state index in [1.807, 2.05) is 5.38 Å². The van der Waals surface area contributed by atoms with Crippen molar-refractivity contribution >= 4 is 22.4 Å². The molecule has 2 aromatic rings. The zero-order valence-electron chi connectivity index (χ0n) is 12.5. The van der Waals surface area contributed by atoms with Crippen molar-refractivity contribution in [2.24, 2.45) is 5.92 Å². The first-order valence-corrected chi connectivity index (χ1v) is 8.35. The van der Waals surface area contributed by atoms with Crippen LogP contribution in [0.4, 0.5) is 5.13 Å². The zero-order valence-corrected chi connectivity index (χ0v) is 13.3. The van der Waals surface area contributed by atoms with E-state index >= 15 is 0 Å². The molecule has 1 aliphatic carbocycles. The number of aromatic nitrogens is 1. The molecule has 1 fully saturated rings. The van der Waals surface area contributed by atoms with Crippen molar-refractivity contribution in [3.63, 3.8) is 0 Å². The molecule has 1 amide bonds. The van der Waals surface area contributed by atoms with E-state index in [0.29, 0.717) is 5.13 Å². The van der Waals surface area contributed by atoms with Crippen LogP contribution in [0.15, 0.2) is 23.6 Å². The van der Waals surface area contributed by atoms with Gasteiger partial charge in [-0.1, -0.05) is 30.5 Å². The summed E-state index contributed by atoms with van der Waals surface area (Å²) < 4.78 is 0. The molecule has 1 aromatic heterocycles. The van der Waals surface area contributed by atoms with Crippen molar-refractivity contribution in [1.82, 2.24) is 4.98 Å². The van der Waals surface area contributed by atoms with Gasteiger partial charge >= 0.3 is 0 Å². The van der Waals surface area contributed by atoms with Gasteiger partial charge in [-0.05, 0) is 38.3 Å². The number of carbonyl (C=O) groups excluding carboxylic acids is 1. The first-order chi connectivity index (χ1) is 10.1. The summed E-state index contributed by atoms with van der Waals surface area (Å²) in [4.78, 5) is 16.7. The van der Waals surface area contributed by atoms with Gasteiger partial charge < -0.3 is 5.32 Å². The Morgan fingerprint density at radius 1 is 1.29 bits per heavy atom. The molecule has 1 heterocycles. The molecular formula is C17H20N2OS. The van der Waals surface area contributed by atoms with Crippen LogP contribution in [0, 0.1) is 19.8 Å². The van der Waals surface area contributed by atoms with E-state index < -0.39 is 0 Å². The van der Waals surface area contributed by atoms with Crippen LogP contribution in [0.25, 0.3) is 11.3 Å². The number of thiazole rings is 1. The average Bonchev–Trinajstić information content (AvgIpc) is 3.12. The molecule has 21 heavy (non-hydrogen) atoms. The highest BCUT2D eigenvalue weighted by molar-refractivity contribution is 7.14. The minimum absolute atomic E-state index is 0.134. The van der Waals surface area contributed by atoms with E-state index in [4.69, 9.17) is 0 Å². The van der Waals surface area contributed by atoms with Crippen molar-refractivity contribution in [3.05, 3.63) is 34.7 Å². The number of nitrogens with one attached hydrogen (secondary N) is 1. The van der Waals surface area contributed by atoms with Crippen molar-refractivity contribution in [1.29, 1.82) is 0 Å². The third-order valence-corrected chi connectivity index (χ3v) is 4.89. The normalized spacial score (nSPS) is 15.3. The maximum absolute atomic E-state index is 12.1. The Balaban J connectivity index is 1.77. The minimum atomic E-state index is 0.134. The lowest BCUT2D eigenvalue weighted by atomic mass is 10.0. The average molecular weight is 300 g/mol. The first-order valence-electron chi connectivity index (χ1n) is 7.47. The summed E-state index contributed by atoms with van der Waals surface area (Å²) in [6, 6.07) is 6.36. The second-order valence-electron chi connectivity index (χ2n) is 5.83. The van der Waals surface area contributed by atoms with Gasteiger partial charge in [0.1, 0.15) is 0 Å². The Labute approximate surface area is 129 Å². The fourth-order valence-corrected chi connectivity index (χ4v) is 3.58. The molecule has 0 spiro atoms. The highest BCUT2D eigenvalue weighted by atomic mass is 32.1. The van der Waals surface area contributed by atoms with Crippen molar-refractivity contribution < 1.29 is 4.79 Å². The zero-order chi connectivity index (χ0) is 14.8. The van der Waals surface area contributed by atoms with Gasteiger partial charge in [-0.3, -0.25) is 4.79 Å². The smallest absolute Gasteiger partial charge is 0.229 e. The van der Waals surface area contributed by atoms with E-state index in [-0.39, 0.29) is 11.8 Å². The minimum Gasteiger partial charge on any atom is -0.302 e. The topological polar surface area (TPSA) is 42.0 Å². The number of hydrogen-bond donors (Lipinski definition) is 1. The lowest BCUT2D eigenvalue weighted by molar-refractivity contribution is -0.119. The van der Waals surface area contributed by atoms with Gasteiger partial charge in [-0.25, -0.2) is 4.98 Å². The molecule has 1 aliphatic rings. The van der Waals surface area contributed by atoms with Crippen LogP contribution in [0.2, 0.25) is 0 Å². The highest BCUT2D eigenvalue weighted by Gasteiger charge is 2.23. The molecule has 1 aromatic carbocycles. The molecule has 0 saturated heterocycles. The van der Waals surface area contributed by atoms with Crippen molar-refractivity contribution in [2.75, 3.05) is 5.32 Å². The number of anilines is 1. The lowest BCUT2D eigenvalue weighted by Gasteiger charge is -2.07. The quantitative estimate of drug-likeness (QED) is 0.903. The molecule has 3 nitrogen and oxygen atoms in total. The van der Waals surface area contributed by atoms with E-state index in [1.165, 1.54) is 35.3 Å². The Hall–Kier alpha value is -1.68. The molecule has 0 radical (unpaired) electrons. The van der Waals surface area contributed by atoms with Gasteiger partial charge in [0.15, 0.2) is 5.13 Å². The lowest BCUT2D eigenvalue weighted by Crippen LogP contribution is -2.20. The molecule has 4 heteroatoms. The van der Waals surface area contributed by atoms with Crippen LogP contribution >= 0.6 is 11.3 Å². The fourth-order valence-electron chi connectivity index (χ4n) is 2.86. The second kappa shape index (κ2) is 5.98. The Bertz CT molecular complexity index is 657. The molecule has 0 unspecified atom stereocenters. The molecule has 1 N–H and O–H groups in total. The van der Waals surface area contributed by atoms with Crippen LogP contribution < -0.4 is 5.32 Å². The maximum atomic E-state index is 12.1. The number of aryl methyl sites for hydroxylation is 2. The Kier molecular flexibility index (Phi) is 4.06. The molecule has 1 saturated carbocycles. The molecule has 3 rings (SSSR count). The van der Waals surface area contributed by atoms with Crippen molar-refractivity contribution in [2.45, 2.75) is 39.5 Å². The second-order valence-corrected chi connectivity index (χ2v) is 6.69. The van der Waals surface area contributed by atoms with E-state index in [9.17, 15) is 4.79 Å². The van der Waals surface area contributed by atoms with Gasteiger partial charge in [0.2, 0.25) is 5.91 Å². The predicted octanol–water partition coefficient (Wildman–Crippen LogP) is 4.56. The largest absolute Gasteiger partial charge is 0.302 e. The fraction of sp³-hybridized carbons (Fsp3) is 0.412. The standard InChI is InChI=1S/C17H20N2OS/c1-11-7-8-12(2)14(9-11)15-10-21-17(18-15)19-16(20)13-5-3-4-6-13/h7-10,13H,3-6H2,1-2H3,(H,18,19,20). The van der Waals surface area contributed by atoms with Crippen molar-refractivity contribution in [3.8, 4) is 11.3 Å². The van der Waals surface area contributed by atoms with Gasteiger partial charge in [-0.2, -0.15) is 0 Å². The number of benzene rings is 1. The monoisotopic (exact) mass is 300 g/mol. The van der Waals surface area contributed by atoms with Crippen LogP contribution in [0.5, 0.6) is 0 Å². The SMILES string of the molecule is Cc1ccc(C)c(-c2csc(NC(=O)C3CCCC3)n2)c1. The van der Waals surface area contributed by atoms with Gasteiger partial charge in [0.05, 0.1) is 5.69 Å². The number of nitrogens with zero attached hydrogens (tertiary/aromatic N) is 1. The Morgan fingerprint density at radius 2 is 2.05 bits per heavy atom. The van der Waals surface area contributed by atoms with E-state index in [2.05, 4.69) is 42.3 Å². The summed E-state index contributed by atoms with van der Waals surface area (Å²) in [7, 11) is 0. The predicted molar refractivity (Wildman–Crippen MR) is 87.6 cm³/mol. The summed E-state index contributed by atoms with van der Waals surface area (Å²) in [5, 5.41) is 5.71. The number of carbonyl (C=O) groups is 1. The third kappa shape index (κ3) is 3.16. The van der Waals surface area contributed by atoms with Gasteiger partial charge in [0, 0.05) is 16.9 Å². The molecule has 0 atom stereocenters. The number of hydrogen-bond acceptors (Lipinski definition) is 3. The maximum Gasteiger partial charge on any atom is 0.229 e. The first kappa shape index (κ1) is 14.3. The van der Waals surface area contributed by atoms with Crippen LogP contribution in [-0.4, -0.2) is 10.9 Å².